The highest BCUT2D eigenvalue weighted by Gasteiger charge is 2.15. The Morgan fingerprint density at radius 2 is 1.67 bits per heavy atom. The van der Waals surface area contributed by atoms with E-state index in [1.807, 2.05) is 18.2 Å². The lowest BCUT2D eigenvalue weighted by Crippen LogP contribution is -2.30. The molecule has 0 spiro atoms. The Kier molecular flexibility index (Phi) is 8.70. The smallest absolute Gasteiger partial charge is 0.340 e. The van der Waals surface area contributed by atoms with E-state index >= 15 is 0 Å². The van der Waals surface area contributed by atoms with Gasteiger partial charge in [-0.1, -0.05) is 30.3 Å². The Balaban J connectivity index is 1.28. The van der Waals surface area contributed by atoms with E-state index in [1.54, 1.807) is 86.0 Å². The van der Waals surface area contributed by atoms with Crippen LogP contribution in [-0.4, -0.2) is 24.0 Å². The Bertz CT molecular complexity index is 1810. The van der Waals surface area contributed by atoms with Crippen LogP contribution in [-0.2, 0) is 10.5 Å². The van der Waals surface area contributed by atoms with Crippen LogP contribution < -0.4 is 21.0 Å². The number of phenols is 1. The first-order valence-electron chi connectivity index (χ1n) is 12.9. The van der Waals surface area contributed by atoms with Gasteiger partial charge in [0.15, 0.2) is 0 Å². The SMILES string of the molecule is COc1ccc(/C=C(\NC(=O)c2ccccc2)C(=O)Nc2ccc(SCc3cc4ccc(O)cc4oc3=O)cc2)cc1. The first-order chi connectivity index (χ1) is 20.4. The number of amides is 2. The van der Waals surface area contributed by atoms with Gasteiger partial charge in [0.05, 0.1) is 7.11 Å². The van der Waals surface area contributed by atoms with Crippen molar-refractivity contribution >= 4 is 46.3 Å². The van der Waals surface area contributed by atoms with Crippen molar-refractivity contribution in [1.82, 2.24) is 5.32 Å². The molecular formula is C33H26N2O6S. The summed E-state index contributed by atoms with van der Waals surface area (Å²) in [6.07, 6.45) is 1.59. The summed E-state index contributed by atoms with van der Waals surface area (Å²) in [5.41, 5.74) is 2.10. The molecule has 3 N–H and O–H groups in total. The maximum Gasteiger partial charge on any atom is 0.340 e. The van der Waals surface area contributed by atoms with Crippen molar-refractivity contribution in [3.63, 3.8) is 0 Å². The fourth-order valence-electron chi connectivity index (χ4n) is 4.05. The highest BCUT2D eigenvalue weighted by Crippen LogP contribution is 2.26. The maximum atomic E-state index is 13.3. The second kappa shape index (κ2) is 12.9. The summed E-state index contributed by atoms with van der Waals surface area (Å²) in [6, 6.07) is 29.3. The molecule has 0 saturated heterocycles. The van der Waals surface area contributed by atoms with Crippen LogP contribution in [0.5, 0.6) is 11.5 Å². The number of hydrogen-bond acceptors (Lipinski definition) is 7. The van der Waals surface area contributed by atoms with Gasteiger partial charge in [0.2, 0.25) is 0 Å². The summed E-state index contributed by atoms with van der Waals surface area (Å²) in [4.78, 5) is 39.4. The number of fused-ring (bicyclic) bond motifs is 1. The van der Waals surface area contributed by atoms with Crippen LogP contribution >= 0.6 is 11.8 Å². The topological polar surface area (TPSA) is 118 Å². The van der Waals surface area contributed by atoms with Gasteiger partial charge in [-0.25, -0.2) is 4.79 Å². The fraction of sp³-hybridized carbons (Fsp3) is 0.0606. The number of carbonyl (C=O) groups excluding carboxylic acids is 2. The first-order valence-corrected chi connectivity index (χ1v) is 13.9. The van der Waals surface area contributed by atoms with Crippen LogP contribution in [0.2, 0.25) is 0 Å². The number of anilines is 1. The van der Waals surface area contributed by atoms with Gasteiger partial charge in [0.25, 0.3) is 11.8 Å². The van der Waals surface area contributed by atoms with E-state index in [1.165, 1.54) is 23.9 Å². The van der Waals surface area contributed by atoms with E-state index in [2.05, 4.69) is 10.6 Å². The summed E-state index contributed by atoms with van der Waals surface area (Å²) >= 11 is 1.44. The molecule has 0 aliphatic rings. The molecule has 0 saturated carbocycles. The second-order valence-electron chi connectivity index (χ2n) is 9.20. The normalized spacial score (nSPS) is 11.2. The van der Waals surface area contributed by atoms with Crippen LogP contribution in [0.25, 0.3) is 17.0 Å². The van der Waals surface area contributed by atoms with Crippen molar-refractivity contribution in [2.45, 2.75) is 10.6 Å². The van der Waals surface area contributed by atoms with E-state index in [0.717, 1.165) is 10.3 Å². The largest absolute Gasteiger partial charge is 0.508 e. The highest BCUT2D eigenvalue weighted by molar-refractivity contribution is 7.98. The van der Waals surface area contributed by atoms with Crippen LogP contribution in [0, 0.1) is 0 Å². The molecule has 0 bridgehead atoms. The molecular weight excluding hydrogens is 552 g/mol. The molecule has 0 atom stereocenters. The third kappa shape index (κ3) is 7.07. The van der Waals surface area contributed by atoms with E-state index in [4.69, 9.17) is 9.15 Å². The fourth-order valence-corrected chi connectivity index (χ4v) is 4.90. The van der Waals surface area contributed by atoms with Gasteiger partial charge >= 0.3 is 5.63 Å². The van der Waals surface area contributed by atoms with Gasteiger partial charge in [0.1, 0.15) is 22.8 Å². The molecule has 5 rings (SSSR count). The zero-order valence-corrected chi connectivity index (χ0v) is 23.3. The van der Waals surface area contributed by atoms with Gasteiger partial charge in [-0.3, -0.25) is 9.59 Å². The zero-order valence-electron chi connectivity index (χ0n) is 22.5. The molecule has 210 valence electrons. The van der Waals surface area contributed by atoms with Crippen molar-refractivity contribution in [3.8, 4) is 11.5 Å². The average molecular weight is 579 g/mol. The summed E-state index contributed by atoms with van der Waals surface area (Å²) < 4.78 is 10.5. The number of aromatic hydroxyl groups is 1. The number of thioether (sulfide) groups is 1. The van der Waals surface area contributed by atoms with Crippen molar-refractivity contribution < 1.29 is 23.8 Å². The molecule has 0 fully saturated rings. The van der Waals surface area contributed by atoms with Crippen LogP contribution in [0.3, 0.4) is 0 Å². The summed E-state index contributed by atoms with van der Waals surface area (Å²) in [7, 11) is 1.57. The number of rotatable bonds is 9. The average Bonchev–Trinajstić information content (AvgIpc) is 3.01. The molecule has 0 unspecified atom stereocenters. The van der Waals surface area contributed by atoms with E-state index in [0.29, 0.717) is 39.5 Å². The molecule has 9 heteroatoms. The van der Waals surface area contributed by atoms with Crippen LogP contribution in [0.4, 0.5) is 5.69 Å². The third-order valence-electron chi connectivity index (χ3n) is 6.25. The lowest BCUT2D eigenvalue weighted by molar-refractivity contribution is -0.113. The molecule has 42 heavy (non-hydrogen) atoms. The third-order valence-corrected chi connectivity index (χ3v) is 7.31. The molecule has 0 radical (unpaired) electrons. The van der Waals surface area contributed by atoms with Crippen molar-refractivity contribution in [2.24, 2.45) is 0 Å². The minimum absolute atomic E-state index is 0.0295. The Morgan fingerprint density at radius 1 is 0.929 bits per heavy atom. The predicted octanol–water partition coefficient (Wildman–Crippen LogP) is 6.21. The molecule has 0 aliphatic heterocycles. The predicted molar refractivity (Wildman–Crippen MR) is 164 cm³/mol. The Morgan fingerprint density at radius 3 is 2.38 bits per heavy atom. The monoisotopic (exact) mass is 578 g/mol. The number of nitrogens with one attached hydrogen (secondary N) is 2. The van der Waals surface area contributed by atoms with Crippen LogP contribution in [0.15, 0.2) is 123 Å². The molecule has 1 heterocycles. The van der Waals surface area contributed by atoms with Crippen LogP contribution in [0.1, 0.15) is 21.5 Å². The quantitative estimate of drug-likeness (QED) is 0.108. The summed E-state index contributed by atoms with van der Waals surface area (Å²) in [6.45, 7) is 0. The number of carbonyl (C=O) groups is 2. The standard InChI is InChI=1S/C33H26N2O6S/c1-40-27-13-7-21(8-14-27)17-29(35-31(37)22-5-3-2-4-6-22)32(38)34-25-10-15-28(16-11-25)42-20-24-18-23-9-12-26(36)19-30(23)41-33(24)39/h2-19,36H,20H2,1H3,(H,34,38)(H,35,37)/b29-17-. The molecule has 4 aromatic carbocycles. The minimum atomic E-state index is -0.490. The lowest BCUT2D eigenvalue weighted by Gasteiger charge is -2.12. The molecule has 2 amide bonds. The van der Waals surface area contributed by atoms with Crippen molar-refractivity contribution in [3.05, 3.63) is 136 Å². The number of hydrogen-bond donors (Lipinski definition) is 3. The number of methoxy groups -OCH3 is 1. The van der Waals surface area contributed by atoms with Crippen molar-refractivity contribution in [1.29, 1.82) is 0 Å². The molecule has 5 aromatic rings. The minimum Gasteiger partial charge on any atom is -0.508 e. The van der Waals surface area contributed by atoms with Gasteiger partial charge < -0.3 is 24.9 Å². The Hall–Kier alpha value is -5.28. The second-order valence-corrected chi connectivity index (χ2v) is 10.2. The Labute approximate surface area is 245 Å². The van der Waals surface area contributed by atoms with E-state index in [-0.39, 0.29) is 11.4 Å². The van der Waals surface area contributed by atoms with Gasteiger partial charge in [-0.15, -0.1) is 11.8 Å². The lowest BCUT2D eigenvalue weighted by atomic mass is 10.1. The summed E-state index contributed by atoms with van der Waals surface area (Å²) in [5.74, 6) is 0.182. The van der Waals surface area contributed by atoms with E-state index < -0.39 is 17.4 Å². The number of ether oxygens (including phenoxy) is 1. The molecule has 0 aliphatic carbocycles. The number of phenolic OH excluding ortho intramolecular Hbond substituents is 1. The molecule has 8 nitrogen and oxygen atoms in total. The summed E-state index contributed by atoms with van der Waals surface area (Å²) in [5, 5.41) is 15.9. The maximum absolute atomic E-state index is 13.3. The van der Waals surface area contributed by atoms with Gasteiger partial charge in [0, 0.05) is 38.9 Å². The first kappa shape index (κ1) is 28.3. The molecule has 1 aromatic heterocycles. The zero-order chi connectivity index (χ0) is 29.5. The van der Waals surface area contributed by atoms with Gasteiger partial charge in [-0.05, 0) is 78.4 Å². The number of benzene rings is 4. The van der Waals surface area contributed by atoms with Gasteiger partial charge in [-0.2, -0.15) is 0 Å². The van der Waals surface area contributed by atoms with Crippen molar-refractivity contribution in [2.75, 3.05) is 12.4 Å². The highest BCUT2D eigenvalue weighted by atomic mass is 32.2. The van der Waals surface area contributed by atoms with E-state index in [9.17, 15) is 19.5 Å².